The molecule has 0 radical (unpaired) electrons. The van der Waals surface area contributed by atoms with E-state index in [0.717, 1.165) is 6.42 Å². The largest absolute Gasteiger partial charge is 0.493 e. The lowest BCUT2D eigenvalue weighted by Crippen LogP contribution is -2.29. The summed E-state index contributed by atoms with van der Waals surface area (Å²) in [5, 5.41) is 2.83. The molecule has 0 aliphatic rings. The van der Waals surface area contributed by atoms with E-state index in [9.17, 15) is 9.59 Å². The van der Waals surface area contributed by atoms with Gasteiger partial charge in [-0.15, -0.1) is 0 Å². The Kier molecular flexibility index (Phi) is 6.81. The number of carbonyl (C=O) groups is 2. The topological polar surface area (TPSA) is 73.9 Å². The number of amides is 1. The van der Waals surface area contributed by atoms with Crippen molar-refractivity contribution in [1.82, 2.24) is 5.32 Å². The summed E-state index contributed by atoms with van der Waals surface area (Å²) in [4.78, 5) is 23.3. The highest BCUT2D eigenvalue weighted by Gasteiger charge is 2.17. The maximum absolute atomic E-state index is 11.9. The minimum Gasteiger partial charge on any atom is -0.493 e. The van der Waals surface area contributed by atoms with Crippen molar-refractivity contribution in [3.8, 4) is 11.5 Å². The summed E-state index contributed by atoms with van der Waals surface area (Å²) in [7, 11) is 2.88. The second-order valence-electron chi connectivity index (χ2n) is 4.12. The molecule has 1 aromatic rings. The van der Waals surface area contributed by atoms with Gasteiger partial charge in [0.15, 0.2) is 18.1 Å². The lowest BCUT2D eigenvalue weighted by Gasteiger charge is -2.11. The van der Waals surface area contributed by atoms with Gasteiger partial charge in [-0.2, -0.15) is 0 Å². The van der Waals surface area contributed by atoms with E-state index in [4.69, 9.17) is 25.8 Å². The summed E-state index contributed by atoms with van der Waals surface area (Å²) in [6.07, 6.45) is 0.810. The smallest absolute Gasteiger partial charge is 0.338 e. The Labute approximate surface area is 128 Å². The predicted molar refractivity (Wildman–Crippen MR) is 78.1 cm³/mol. The monoisotopic (exact) mass is 315 g/mol. The van der Waals surface area contributed by atoms with E-state index in [0.29, 0.717) is 18.0 Å². The van der Waals surface area contributed by atoms with Gasteiger partial charge in [0.1, 0.15) is 0 Å². The molecule has 0 saturated heterocycles. The first-order valence-electron chi connectivity index (χ1n) is 6.38. The van der Waals surface area contributed by atoms with E-state index in [1.807, 2.05) is 6.92 Å². The Morgan fingerprint density at radius 3 is 2.52 bits per heavy atom. The Morgan fingerprint density at radius 2 is 1.95 bits per heavy atom. The molecule has 0 unspecified atom stereocenters. The molecule has 0 saturated carbocycles. The molecule has 21 heavy (non-hydrogen) atoms. The van der Waals surface area contributed by atoms with Crippen molar-refractivity contribution < 1.29 is 23.8 Å². The number of ether oxygens (including phenoxy) is 3. The second-order valence-corrected chi connectivity index (χ2v) is 4.53. The molecule has 6 nitrogen and oxygen atoms in total. The quantitative estimate of drug-likeness (QED) is 0.779. The molecule has 0 aliphatic carbocycles. The highest BCUT2D eigenvalue weighted by Crippen LogP contribution is 2.36. The molecule has 0 aliphatic heterocycles. The number of nitrogens with one attached hydrogen (secondary N) is 1. The van der Waals surface area contributed by atoms with Crippen LogP contribution in [-0.2, 0) is 9.53 Å². The van der Waals surface area contributed by atoms with E-state index in [1.165, 1.54) is 26.4 Å². The van der Waals surface area contributed by atoms with Gasteiger partial charge in [-0.1, -0.05) is 18.5 Å². The number of esters is 1. The van der Waals surface area contributed by atoms with Crippen LogP contribution in [0.1, 0.15) is 23.7 Å². The molecule has 1 rings (SSSR count). The summed E-state index contributed by atoms with van der Waals surface area (Å²) in [6.45, 7) is 2.13. The normalized spacial score (nSPS) is 9.90. The first kappa shape index (κ1) is 17.1. The van der Waals surface area contributed by atoms with Crippen LogP contribution in [0.5, 0.6) is 11.5 Å². The molecular formula is C14H18ClNO5. The van der Waals surface area contributed by atoms with Gasteiger partial charge in [-0.3, -0.25) is 4.79 Å². The van der Waals surface area contributed by atoms with E-state index >= 15 is 0 Å². The number of methoxy groups -OCH3 is 2. The molecule has 116 valence electrons. The minimum atomic E-state index is -0.662. The van der Waals surface area contributed by atoms with E-state index in [2.05, 4.69) is 5.32 Å². The van der Waals surface area contributed by atoms with Crippen LogP contribution in [0.25, 0.3) is 0 Å². The zero-order valence-electron chi connectivity index (χ0n) is 12.2. The molecular weight excluding hydrogens is 298 g/mol. The maximum atomic E-state index is 11.9. The Hall–Kier alpha value is -1.95. The lowest BCUT2D eigenvalue weighted by molar-refractivity contribution is -0.124. The van der Waals surface area contributed by atoms with Crippen molar-refractivity contribution in [3.05, 3.63) is 22.7 Å². The molecule has 1 amide bonds. The van der Waals surface area contributed by atoms with E-state index < -0.39 is 5.97 Å². The summed E-state index contributed by atoms with van der Waals surface area (Å²) >= 11 is 6.00. The number of halogens is 1. The van der Waals surface area contributed by atoms with Crippen LogP contribution in [0.2, 0.25) is 5.02 Å². The lowest BCUT2D eigenvalue weighted by atomic mass is 10.2. The average Bonchev–Trinajstić information content (AvgIpc) is 2.49. The maximum Gasteiger partial charge on any atom is 0.338 e. The molecule has 0 bridgehead atoms. The number of benzene rings is 1. The van der Waals surface area contributed by atoms with Crippen molar-refractivity contribution in [3.63, 3.8) is 0 Å². The van der Waals surface area contributed by atoms with Crippen LogP contribution in [-0.4, -0.2) is 39.2 Å². The number of carbonyl (C=O) groups excluding carboxylic acids is 2. The Morgan fingerprint density at radius 1 is 1.24 bits per heavy atom. The summed E-state index contributed by atoms with van der Waals surface area (Å²) in [5.74, 6) is -0.370. The van der Waals surface area contributed by atoms with Gasteiger partial charge in [0.05, 0.1) is 24.8 Å². The first-order valence-corrected chi connectivity index (χ1v) is 6.76. The highest BCUT2D eigenvalue weighted by molar-refractivity contribution is 6.32. The van der Waals surface area contributed by atoms with Crippen LogP contribution < -0.4 is 14.8 Å². The number of hydrogen-bond acceptors (Lipinski definition) is 5. The third-order valence-electron chi connectivity index (χ3n) is 2.58. The molecule has 1 aromatic carbocycles. The van der Waals surface area contributed by atoms with Gasteiger partial charge in [-0.05, 0) is 18.6 Å². The summed E-state index contributed by atoms with van der Waals surface area (Å²) in [6, 6.07) is 2.84. The fourth-order valence-corrected chi connectivity index (χ4v) is 1.85. The van der Waals surface area contributed by atoms with Crippen molar-refractivity contribution in [2.24, 2.45) is 0 Å². The zero-order chi connectivity index (χ0) is 15.8. The Balaban J connectivity index is 2.74. The van der Waals surface area contributed by atoms with Crippen LogP contribution in [0.4, 0.5) is 0 Å². The second kappa shape index (κ2) is 8.36. The fraction of sp³-hybridized carbons (Fsp3) is 0.429. The summed E-state index contributed by atoms with van der Waals surface area (Å²) < 4.78 is 15.1. The number of rotatable bonds is 7. The highest BCUT2D eigenvalue weighted by atomic mass is 35.5. The standard InChI is InChI=1S/C14H18ClNO5/c1-4-5-16-12(17)8-21-14(18)9-6-10(15)13(20-3)11(7-9)19-2/h6-7H,4-5,8H2,1-3H3,(H,16,17). The van der Waals surface area contributed by atoms with Gasteiger partial charge >= 0.3 is 5.97 Å². The van der Waals surface area contributed by atoms with Crippen LogP contribution in [0, 0.1) is 0 Å². The van der Waals surface area contributed by atoms with Crippen LogP contribution >= 0.6 is 11.6 Å². The Bertz CT molecular complexity index is 518. The van der Waals surface area contributed by atoms with Gasteiger partial charge in [0, 0.05) is 6.54 Å². The zero-order valence-corrected chi connectivity index (χ0v) is 13.0. The molecule has 0 spiro atoms. The molecule has 1 N–H and O–H groups in total. The molecule has 7 heteroatoms. The van der Waals surface area contributed by atoms with Gasteiger partial charge in [0.25, 0.3) is 5.91 Å². The predicted octanol–water partition coefficient (Wildman–Crippen LogP) is 2.04. The van der Waals surface area contributed by atoms with E-state index in [1.54, 1.807) is 0 Å². The van der Waals surface area contributed by atoms with Crippen molar-refractivity contribution in [2.75, 3.05) is 27.4 Å². The van der Waals surface area contributed by atoms with Crippen LogP contribution in [0.3, 0.4) is 0 Å². The third kappa shape index (κ3) is 4.82. The van der Waals surface area contributed by atoms with Crippen molar-refractivity contribution in [1.29, 1.82) is 0 Å². The van der Waals surface area contributed by atoms with E-state index in [-0.39, 0.29) is 23.1 Å². The summed E-state index contributed by atoms with van der Waals surface area (Å²) in [5.41, 5.74) is 0.181. The minimum absolute atomic E-state index is 0.181. The van der Waals surface area contributed by atoms with Crippen LogP contribution in [0.15, 0.2) is 12.1 Å². The van der Waals surface area contributed by atoms with Gasteiger partial charge in [0.2, 0.25) is 0 Å². The first-order chi connectivity index (χ1) is 10.0. The molecule has 0 atom stereocenters. The van der Waals surface area contributed by atoms with Crippen molar-refractivity contribution in [2.45, 2.75) is 13.3 Å². The average molecular weight is 316 g/mol. The molecule has 0 fully saturated rings. The molecule has 0 aromatic heterocycles. The third-order valence-corrected chi connectivity index (χ3v) is 2.86. The van der Waals surface area contributed by atoms with Crippen molar-refractivity contribution >= 4 is 23.5 Å². The molecule has 0 heterocycles. The van der Waals surface area contributed by atoms with Gasteiger partial charge < -0.3 is 19.5 Å². The number of hydrogen-bond donors (Lipinski definition) is 1. The fourth-order valence-electron chi connectivity index (χ4n) is 1.57. The van der Waals surface area contributed by atoms with Gasteiger partial charge in [-0.25, -0.2) is 4.79 Å². The SMILES string of the molecule is CCCNC(=O)COC(=O)c1cc(Cl)c(OC)c(OC)c1.